The maximum Gasteiger partial charge on any atom is 0.246 e. The van der Waals surface area contributed by atoms with Gasteiger partial charge in [0.15, 0.2) is 0 Å². The number of thiophene rings is 1. The fraction of sp³-hybridized carbons (Fsp3) is 0.571. The van der Waals surface area contributed by atoms with E-state index >= 15 is 0 Å². The lowest BCUT2D eigenvalue weighted by molar-refractivity contribution is -0.147. The molecule has 1 aromatic heterocycles. The number of nitrogens with zero attached hydrogens (tertiary/aromatic N) is 1. The Balaban J connectivity index is 2.16. The number of carbonyl (C=O) groups excluding carboxylic acids is 2. The molecule has 1 N–H and O–H groups in total. The normalized spacial score (nSPS) is 20.6. The van der Waals surface area contributed by atoms with E-state index in [1.165, 1.54) is 4.88 Å². The van der Waals surface area contributed by atoms with Crippen molar-refractivity contribution in [3.05, 3.63) is 21.9 Å². The van der Waals surface area contributed by atoms with Crippen LogP contribution in [0.5, 0.6) is 0 Å². The molecule has 19 heavy (non-hydrogen) atoms. The molecule has 1 aliphatic heterocycles. The number of aryl methyl sites for hydroxylation is 1. The van der Waals surface area contributed by atoms with Crippen LogP contribution < -0.4 is 5.32 Å². The van der Waals surface area contributed by atoms with Crippen LogP contribution in [-0.4, -0.2) is 29.3 Å². The quantitative estimate of drug-likeness (QED) is 0.900. The third-order valence-electron chi connectivity index (χ3n) is 3.21. The zero-order valence-corrected chi connectivity index (χ0v) is 12.6. The van der Waals surface area contributed by atoms with E-state index in [2.05, 4.69) is 5.32 Å². The second-order valence-corrected chi connectivity index (χ2v) is 7.45. The summed E-state index contributed by atoms with van der Waals surface area (Å²) in [7, 11) is 0. The summed E-state index contributed by atoms with van der Waals surface area (Å²) < 4.78 is 0. The van der Waals surface area contributed by atoms with E-state index in [4.69, 9.17) is 0 Å². The Morgan fingerprint density at radius 3 is 2.58 bits per heavy atom. The first-order valence-corrected chi connectivity index (χ1v) is 7.22. The number of amides is 2. The lowest BCUT2D eigenvalue weighted by Crippen LogP contribution is -2.61. The van der Waals surface area contributed by atoms with Crippen molar-refractivity contribution in [2.45, 2.75) is 40.3 Å². The maximum atomic E-state index is 12.4. The molecule has 1 fully saturated rings. The van der Waals surface area contributed by atoms with E-state index in [1.54, 1.807) is 16.2 Å². The van der Waals surface area contributed by atoms with Crippen molar-refractivity contribution in [3.63, 3.8) is 0 Å². The van der Waals surface area contributed by atoms with Crippen LogP contribution in [0.15, 0.2) is 12.1 Å². The summed E-state index contributed by atoms with van der Waals surface area (Å²) in [6, 6.07) is 3.62. The van der Waals surface area contributed by atoms with Crippen LogP contribution >= 0.6 is 11.3 Å². The van der Waals surface area contributed by atoms with Crippen molar-refractivity contribution in [1.29, 1.82) is 0 Å². The number of nitrogens with one attached hydrogen (secondary N) is 1. The summed E-state index contributed by atoms with van der Waals surface area (Å²) in [5.74, 6) is -0.0639. The van der Waals surface area contributed by atoms with Crippen molar-refractivity contribution in [2.24, 2.45) is 5.41 Å². The molecule has 0 radical (unpaired) electrons. The lowest BCUT2D eigenvalue weighted by Gasteiger charge is -2.38. The molecule has 1 atom stereocenters. The second-order valence-electron chi connectivity index (χ2n) is 6.07. The summed E-state index contributed by atoms with van der Waals surface area (Å²) in [5, 5.41) is 2.80. The summed E-state index contributed by atoms with van der Waals surface area (Å²) in [6.45, 7) is 8.62. The number of hydrogen-bond donors (Lipinski definition) is 1. The number of hydrogen-bond acceptors (Lipinski definition) is 3. The largest absolute Gasteiger partial charge is 0.342 e. The van der Waals surface area contributed by atoms with Gasteiger partial charge in [-0.05, 0) is 24.5 Å². The van der Waals surface area contributed by atoms with E-state index in [0.717, 1.165) is 4.88 Å². The van der Waals surface area contributed by atoms with Crippen molar-refractivity contribution in [3.8, 4) is 0 Å². The van der Waals surface area contributed by atoms with E-state index in [0.29, 0.717) is 6.54 Å². The third kappa shape index (κ3) is 3.15. The molecule has 0 aromatic carbocycles. The van der Waals surface area contributed by atoms with Gasteiger partial charge in [0.25, 0.3) is 0 Å². The molecule has 2 rings (SSSR count). The molecule has 2 heterocycles. The Hall–Kier alpha value is -1.36. The first-order valence-electron chi connectivity index (χ1n) is 6.41. The molecule has 1 aromatic rings. The Labute approximate surface area is 117 Å². The smallest absolute Gasteiger partial charge is 0.246 e. The zero-order valence-electron chi connectivity index (χ0n) is 11.8. The Bertz CT molecular complexity index is 502. The minimum atomic E-state index is -0.435. The van der Waals surface area contributed by atoms with Crippen LogP contribution in [-0.2, 0) is 16.1 Å². The monoisotopic (exact) mass is 280 g/mol. The molecule has 1 aliphatic rings. The minimum Gasteiger partial charge on any atom is -0.342 e. The van der Waals surface area contributed by atoms with E-state index in [-0.39, 0.29) is 23.8 Å². The average molecular weight is 280 g/mol. The molecule has 1 saturated heterocycles. The third-order valence-corrected chi connectivity index (χ3v) is 4.19. The van der Waals surface area contributed by atoms with Gasteiger partial charge in [-0.1, -0.05) is 20.8 Å². The van der Waals surface area contributed by atoms with Crippen molar-refractivity contribution in [1.82, 2.24) is 10.2 Å². The van der Waals surface area contributed by atoms with Gasteiger partial charge in [-0.15, -0.1) is 11.3 Å². The predicted octanol–water partition coefficient (Wildman–Crippen LogP) is 1.93. The number of piperazine rings is 1. The molecule has 0 aliphatic carbocycles. The summed E-state index contributed by atoms with van der Waals surface area (Å²) in [4.78, 5) is 28.2. The van der Waals surface area contributed by atoms with Crippen molar-refractivity contribution in [2.75, 3.05) is 6.54 Å². The Kier molecular flexibility index (Phi) is 3.67. The van der Waals surface area contributed by atoms with Gasteiger partial charge in [0.2, 0.25) is 11.8 Å². The molecular weight excluding hydrogens is 260 g/mol. The molecule has 104 valence electrons. The number of carbonyl (C=O) groups is 2. The molecule has 0 spiro atoms. The van der Waals surface area contributed by atoms with Crippen LogP contribution in [0.3, 0.4) is 0 Å². The van der Waals surface area contributed by atoms with Crippen molar-refractivity contribution >= 4 is 23.2 Å². The molecule has 0 saturated carbocycles. The molecule has 1 unspecified atom stereocenters. The minimum absolute atomic E-state index is 0.0122. The fourth-order valence-corrected chi connectivity index (χ4v) is 3.09. The summed E-state index contributed by atoms with van der Waals surface area (Å²) in [5.41, 5.74) is -0.267. The average Bonchev–Trinajstić information content (AvgIpc) is 2.67. The summed E-state index contributed by atoms with van der Waals surface area (Å²) >= 11 is 1.67. The van der Waals surface area contributed by atoms with Gasteiger partial charge >= 0.3 is 0 Å². The second kappa shape index (κ2) is 4.96. The van der Waals surface area contributed by atoms with Crippen LogP contribution in [0.25, 0.3) is 0 Å². The lowest BCUT2D eigenvalue weighted by atomic mass is 9.85. The van der Waals surface area contributed by atoms with Gasteiger partial charge in [-0.2, -0.15) is 0 Å². The predicted molar refractivity (Wildman–Crippen MR) is 75.9 cm³/mol. The highest BCUT2D eigenvalue weighted by Gasteiger charge is 2.39. The standard InChI is InChI=1S/C14H20N2O2S/c1-9-5-6-10(19-9)7-16-8-11(17)15-12(13(16)18)14(2,3)4/h5-6,12H,7-8H2,1-4H3,(H,15,17). The first-order chi connectivity index (χ1) is 8.77. The van der Waals surface area contributed by atoms with Gasteiger partial charge in [-0.3, -0.25) is 9.59 Å². The van der Waals surface area contributed by atoms with Crippen LogP contribution in [0, 0.1) is 12.3 Å². The Morgan fingerprint density at radius 2 is 2.05 bits per heavy atom. The van der Waals surface area contributed by atoms with Gasteiger partial charge < -0.3 is 10.2 Å². The highest BCUT2D eigenvalue weighted by atomic mass is 32.1. The zero-order chi connectivity index (χ0) is 14.2. The fourth-order valence-electron chi connectivity index (χ4n) is 2.18. The van der Waals surface area contributed by atoms with Gasteiger partial charge in [0.05, 0.1) is 13.1 Å². The van der Waals surface area contributed by atoms with E-state index in [9.17, 15) is 9.59 Å². The molecule has 2 amide bonds. The first kappa shape index (κ1) is 14.1. The van der Waals surface area contributed by atoms with Crippen molar-refractivity contribution < 1.29 is 9.59 Å². The van der Waals surface area contributed by atoms with Crippen LogP contribution in [0.2, 0.25) is 0 Å². The topological polar surface area (TPSA) is 49.4 Å². The van der Waals surface area contributed by atoms with Crippen LogP contribution in [0.1, 0.15) is 30.5 Å². The SMILES string of the molecule is Cc1ccc(CN2CC(=O)NC(C(C)(C)C)C2=O)s1. The highest BCUT2D eigenvalue weighted by Crippen LogP contribution is 2.25. The van der Waals surface area contributed by atoms with Gasteiger partial charge in [-0.25, -0.2) is 0 Å². The van der Waals surface area contributed by atoms with Gasteiger partial charge in [0.1, 0.15) is 6.04 Å². The highest BCUT2D eigenvalue weighted by molar-refractivity contribution is 7.11. The Morgan fingerprint density at radius 1 is 1.37 bits per heavy atom. The van der Waals surface area contributed by atoms with Gasteiger partial charge in [0, 0.05) is 9.75 Å². The molecule has 5 heteroatoms. The van der Waals surface area contributed by atoms with E-state index < -0.39 is 6.04 Å². The summed E-state index contributed by atoms with van der Waals surface area (Å²) in [6.07, 6.45) is 0. The molecule has 4 nitrogen and oxygen atoms in total. The van der Waals surface area contributed by atoms with E-state index in [1.807, 2.05) is 39.8 Å². The maximum absolute atomic E-state index is 12.4. The van der Waals surface area contributed by atoms with Crippen LogP contribution in [0.4, 0.5) is 0 Å². The molecular formula is C14H20N2O2S. The molecule has 0 bridgehead atoms. The number of rotatable bonds is 2.